The average molecular weight is 504 g/mol. The summed E-state index contributed by atoms with van der Waals surface area (Å²) in [5, 5.41) is 16.6. The Kier molecular flexibility index (Phi) is 6.39. The third-order valence-corrected chi connectivity index (χ3v) is 7.25. The van der Waals surface area contributed by atoms with E-state index in [4.69, 9.17) is 0 Å². The lowest BCUT2D eigenvalue weighted by molar-refractivity contribution is -0.0973. The number of nitrogens with zero attached hydrogens (tertiary/aromatic N) is 4. The van der Waals surface area contributed by atoms with Crippen molar-refractivity contribution in [2.75, 3.05) is 0 Å². The fourth-order valence-corrected chi connectivity index (χ4v) is 5.57. The normalized spacial score (nSPS) is 19.9. The maximum Gasteiger partial charge on any atom is 0.408 e. The van der Waals surface area contributed by atoms with E-state index < -0.39 is 42.0 Å². The number of halogens is 2. The van der Waals surface area contributed by atoms with Crippen LogP contribution < -0.4 is 5.32 Å². The Balaban J connectivity index is 1.68. The molecule has 1 fully saturated rings. The minimum atomic E-state index is -3.26. The van der Waals surface area contributed by atoms with Gasteiger partial charge in [-0.2, -0.15) is 5.10 Å². The van der Waals surface area contributed by atoms with Crippen molar-refractivity contribution >= 4 is 35.1 Å². The zero-order chi connectivity index (χ0) is 25.5. The van der Waals surface area contributed by atoms with E-state index in [0.29, 0.717) is 21.8 Å². The molecule has 0 saturated heterocycles. The van der Waals surface area contributed by atoms with Crippen LogP contribution >= 0.6 is 11.3 Å². The first-order valence-corrected chi connectivity index (χ1v) is 12.0. The molecule has 2 atom stereocenters. The maximum atomic E-state index is 15.1. The summed E-state index contributed by atoms with van der Waals surface area (Å²) in [6.07, 6.45) is 3.49. The number of aromatic nitrogens is 3. The molecule has 2 amide bonds. The lowest BCUT2D eigenvalue weighted by atomic mass is 9.84. The molecule has 2 N–H and O–H groups in total. The van der Waals surface area contributed by atoms with E-state index in [9.17, 15) is 14.7 Å². The number of imidazole rings is 1. The zero-order valence-electron chi connectivity index (χ0n) is 19.7. The Bertz CT molecular complexity index is 1280. The molecule has 3 aromatic heterocycles. The number of thiophene rings is 1. The first-order chi connectivity index (χ1) is 16.4. The Morgan fingerprint density at radius 2 is 2.14 bits per heavy atom. The molecule has 0 aromatic carbocycles. The predicted octanol–water partition coefficient (Wildman–Crippen LogP) is 5.17. The summed E-state index contributed by atoms with van der Waals surface area (Å²) < 4.78 is 31.8. The van der Waals surface area contributed by atoms with Gasteiger partial charge in [0.1, 0.15) is 6.04 Å². The van der Waals surface area contributed by atoms with Crippen molar-refractivity contribution in [1.82, 2.24) is 24.8 Å². The van der Waals surface area contributed by atoms with Gasteiger partial charge in [-0.15, -0.1) is 11.3 Å². The predicted molar refractivity (Wildman–Crippen MR) is 130 cm³/mol. The molecule has 0 unspecified atom stereocenters. The molecule has 1 aliphatic carbocycles. The second-order valence-corrected chi connectivity index (χ2v) is 10.6. The van der Waals surface area contributed by atoms with Crippen LogP contribution in [0.15, 0.2) is 37.2 Å². The standard InChI is InChI=1S/C24H27F2N5O3S/c1-5-17-14(16-13-27-19-9-7-11-28-31(16)19)12-18(35-17)21(32)29-20-15(8-6-10-24(20,25)26)30(22(33)34)23(2,3)4/h5,7,9,11-13,15,20H,1,6,8,10H2,2-4H3,(H,29,32)(H,33,34)/t15-,20-/m1/s1. The third kappa shape index (κ3) is 4.64. The van der Waals surface area contributed by atoms with Gasteiger partial charge in [-0.1, -0.05) is 12.7 Å². The maximum absolute atomic E-state index is 15.1. The number of rotatable bonds is 5. The van der Waals surface area contributed by atoms with Gasteiger partial charge < -0.3 is 10.4 Å². The third-order valence-electron chi connectivity index (χ3n) is 6.12. The number of amides is 2. The van der Waals surface area contributed by atoms with E-state index in [1.807, 2.05) is 0 Å². The Hall–Kier alpha value is -3.34. The van der Waals surface area contributed by atoms with Gasteiger partial charge in [0.05, 0.1) is 22.8 Å². The van der Waals surface area contributed by atoms with Crippen LogP contribution in [0.2, 0.25) is 0 Å². The van der Waals surface area contributed by atoms with E-state index in [1.54, 1.807) is 62.0 Å². The number of hydrogen-bond acceptors (Lipinski definition) is 5. The van der Waals surface area contributed by atoms with Gasteiger partial charge >= 0.3 is 6.09 Å². The second-order valence-electron chi connectivity index (χ2n) is 9.52. The lowest BCUT2D eigenvalue weighted by Crippen LogP contribution is -2.66. The molecule has 1 saturated carbocycles. The van der Waals surface area contributed by atoms with Crippen LogP contribution in [0.3, 0.4) is 0 Å². The first-order valence-electron chi connectivity index (χ1n) is 11.2. The summed E-state index contributed by atoms with van der Waals surface area (Å²) in [7, 11) is 0. The van der Waals surface area contributed by atoms with E-state index in [1.165, 1.54) is 0 Å². The molecule has 3 heterocycles. The number of fused-ring (bicyclic) bond motifs is 1. The molecular formula is C24H27F2N5O3S. The molecule has 8 nitrogen and oxygen atoms in total. The number of alkyl halides is 2. The molecule has 0 spiro atoms. The summed E-state index contributed by atoms with van der Waals surface area (Å²) in [5.74, 6) is -3.95. The summed E-state index contributed by atoms with van der Waals surface area (Å²) in [6.45, 7) is 8.77. The fraction of sp³-hybridized carbons (Fsp3) is 0.417. The fourth-order valence-electron chi connectivity index (χ4n) is 4.65. The Morgan fingerprint density at radius 1 is 1.40 bits per heavy atom. The highest BCUT2D eigenvalue weighted by molar-refractivity contribution is 7.15. The molecule has 0 aliphatic heterocycles. The second kappa shape index (κ2) is 9.03. The van der Waals surface area contributed by atoms with Crippen LogP contribution in [-0.4, -0.2) is 60.2 Å². The Morgan fingerprint density at radius 3 is 2.80 bits per heavy atom. The highest BCUT2D eigenvalue weighted by Crippen LogP contribution is 2.39. The van der Waals surface area contributed by atoms with Crippen molar-refractivity contribution < 1.29 is 23.5 Å². The van der Waals surface area contributed by atoms with Gasteiger partial charge in [-0.25, -0.2) is 23.1 Å². The number of carbonyl (C=O) groups excluding carboxylic acids is 1. The molecule has 35 heavy (non-hydrogen) atoms. The van der Waals surface area contributed by atoms with Crippen molar-refractivity contribution in [2.24, 2.45) is 0 Å². The van der Waals surface area contributed by atoms with E-state index in [0.717, 1.165) is 16.2 Å². The highest BCUT2D eigenvalue weighted by atomic mass is 32.1. The zero-order valence-corrected chi connectivity index (χ0v) is 20.5. The van der Waals surface area contributed by atoms with Gasteiger partial charge in [0, 0.05) is 28.6 Å². The van der Waals surface area contributed by atoms with Gasteiger partial charge in [-0.05, 0) is 51.8 Å². The first kappa shape index (κ1) is 24.8. The van der Waals surface area contributed by atoms with E-state index in [-0.39, 0.29) is 17.7 Å². The SMILES string of the molecule is C=Cc1sc(C(=O)N[C@@H]2[C@H](N(C(=O)O)C(C)(C)C)CCCC2(F)F)cc1-c1cnc2cccnn12. The summed E-state index contributed by atoms with van der Waals surface area (Å²) >= 11 is 1.11. The summed E-state index contributed by atoms with van der Waals surface area (Å²) in [6, 6.07) is 2.42. The smallest absolute Gasteiger partial charge is 0.408 e. The quantitative estimate of drug-likeness (QED) is 0.501. The summed E-state index contributed by atoms with van der Waals surface area (Å²) in [5.41, 5.74) is 0.983. The van der Waals surface area contributed by atoms with Crippen LogP contribution in [0.1, 0.15) is 54.6 Å². The summed E-state index contributed by atoms with van der Waals surface area (Å²) in [4.78, 5) is 31.5. The number of carbonyl (C=O) groups is 2. The van der Waals surface area contributed by atoms with Crippen molar-refractivity contribution in [3.63, 3.8) is 0 Å². The monoisotopic (exact) mass is 503 g/mol. The number of nitrogens with one attached hydrogen (secondary N) is 1. The number of carboxylic acid groups (broad SMARTS) is 1. The van der Waals surface area contributed by atoms with Gasteiger partial charge in [0.25, 0.3) is 11.8 Å². The molecule has 1 aliphatic rings. The van der Waals surface area contributed by atoms with Crippen LogP contribution in [0.4, 0.5) is 13.6 Å². The molecule has 0 bridgehead atoms. The van der Waals surface area contributed by atoms with Crippen LogP contribution in [-0.2, 0) is 0 Å². The van der Waals surface area contributed by atoms with Crippen LogP contribution in [0.25, 0.3) is 23.0 Å². The van der Waals surface area contributed by atoms with Gasteiger partial charge in [0.15, 0.2) is 5.65 Å². The molecule has 4 rings (SSSR count). The van der Waals surface area contributed by atoms with Crippen molar-refractivity contribution in [3.8, 4) is 11.3 Å². The average Bonchev–Trinajstić information content (AvgIpc) is 3.38. The van der Waals surface area contributed by atoms with Crippen molar-refractivity contribution in [2.45, 2.75) is 63.6 Å². The van der Waals surface area contributed by atoms with Crippen molar-refractivity contribution in [1.29, 1.82) is 0 Å². The van der Waals surface area contributed by atoms with Gasteiger partial charge in [0.2, 0.25) is 0 Å². The minimum absolute atomic E-state index is 0.162. The topological polar surface area (TPSA) is 99.8 Å². The molecule has 3 aromatic rings. The van der Waals surface area contributed by atoms with E-state index >= 15 is 8.78 Å². The highest BCUT2D eigenvalue weighted by Gasteiger charge is 2.52. The largest absolute Gasteiger partial charge is 0.465 e. The van der Waals surface area contributed by atoms with Crippen LogP contribution in [0, 0.1) is 0 Å². The van der Waals surface area contributed by atoms with Crippen molar-refractivity contribution in [3.05, 3.63) is 46.9 Å². The number of hydrogen-bond donors (Lipinski definition) is 2. The minimum Gasteiger partial charge on any atom is -0.465 e. The van der Waals surface area contributed by atoms with E-state index in [2.05, 4.69) is 22.0 Å². The Labute approximate surface area is 205 Å². The van der Waals surface area contributed by atoms with Gasteiger partial charge in [-0.3, -0.25) is 9.69 Å². The molecule has 0 radical (unpaired) electrons. The molecular weight excluding hydrogens is 476 g/mol. The molecule has 186 valence electrons. The molecule has 11 heteroatoms. The van der Waals surface area contributed by atoms with Crippen LogP contribution in [0.5, 0.6) is 0 Å². The lowest BCUT2D eigenvalue weighted by Gasteiger charge is -2.47.